The van der Waals surface area contributed by atoms with Crippen LogP contribution in [0.1, 0.15) is 36.2 Å². The molecule has 1 heterocycles. The van der Waals surface area contributed by atoms with Crippen LogP contribution in [0.2, 0.25) is 0 Å². The summed E-state index contributed by atoms with van der Waals surface area (Å²) < 4.78 is 0. The molecule has 0 spiro atoms. The lowest BCUT2D eigenvalue weighted by atomic mass is 9.74. The number of benzene rings is 1. The minimum Gasteiger partial charge on any atom is -0.481 e. The molecular weight excluding hydrogens is 268 g/mol. The van der Waals surface area contributed by atoms with Crippen molar-refractivity contribution in [3.63, 3.8) is 0 Å². The lowest BCUT2D eigenvalue weighted by Gasteiger charge is -2.41. The maximum atomic E-state index is 12.5. The number of hydrogen-bond acceptors (Lipinski definition) is 3. The monoisotopic (exact) mass is 284 g/mol. The van der Waals surface area contributed by atoms with Gasteiger partial charge in [-0.25, -0.2) is 0 Å². The first-order valence-electron chi connectivity index (χ1n) is 6.98. The standard InChI is InChI=1S/C16H16N2O3/c19-13(20)10-16(7-3-8-16)18-15(21)14-12-5-2-1-4-11(12)6-9-17-14/h1-2,4-6,9H,3,7-8,10H2,(H,18,21)(H,19,20). The quantitative estimate of drug-likeness (QED) is 0.903. The Bertz CT molecular complexity index is 702. The van der Waals surface area contributed by atoms with Crippen molar-refractivity contribution in [2.24, 2.45) is 0 Å². The van der Waals surface area contributed by atoms with E-state index in [0.29, 0.717) is 18.5 Å². The van der Waals surface area contributed by atoms with E-state index in [0.717, 1.165) is 17.2 Å². The van der Waals surface area contributed by atoms with Gasteiger partial charge in [-0.2, -0.15) is 0 Å². The fourth-order valence-corrected chi connectivity index (χ4v) is 2.84. The van der Waals surface area contributed by atoms with Crippen molar-refractivity contribution in [2.75, 3.05) is 0 Å². The SMILES string of the molecule is O=C(O)CC1(NC(=O)c2nccc3ccccc23)CCC1. The zero-order valence-electron chi connectivity index (χ0n) is 11.5. The number of carboxylic acids is 1. The number of nitrogens with one attached hydrogen (secondary N) is 1. The predicted molar refractivity (Wildman–Crippen MR) is 78.0 cm³/mol. The summed E-state index contributed by atoms with van der Waals surface area (Å²) in [6.45, 7) is 0. The molecule has 3 rings (SSSR count). The van der Waals surface area contributed by atoms with E-state index in [2.05, 4.69) is 10.3 Å². The van der Waals surface area contributed by atoms with Crippen molar-refractivity contribution in [3.8, 4) is 0 Å². The molecule has 5 heteroatoms. The second-order valence-electron chi connectivity index (χ2n) is 5.54. The van der Waals surface area contributed by atoms with Crippen molar-refractivity contribution in [3.05, 3.63) is 42.2 Å². The van der Waals surface area contributed by atoms with E-state index < -0.39 is 11.5 Å². The van der Waals surface area contributed by atoms with Gasteiger partial charge in [0.2, 0.25) is 0 Å². The number of aliphatic carboxylic acids is 1. The van der Waals surface area contributed by atoms with Crippen LogP contribution in [0.3, 0.4) is 0 Å². The number of carboxylic acid groups (broad SMARTS) is 1. The van der Waals surface area contributed by atoms with Crippen molar-refractivity contribution < 1.29 is 14.7 Å². The van der Waals surface area contributed by atoms with Gasteiger partial charge in [-0.15, -0.1) is 0 Å². The number of amides is 1. The number of rotatable bonds is 4. The average Bonchev–Trinajstić information content (AvgIpc) is 2.43. The molecule has 0 unspecified atom stereocenters. The Balaban J connectivity index is 1.89. The molecule has 0 saturated heterocycles. The number of nitrogens with zero attached hydrogens (tertiary/aromatic N) is 1. The van der Waals surface area contributed by atoms with E-state index >= 15 is 0 Å². The van der Waals surface area contributed by atoms with Crippen LogP contribution < -0.4 is 5.32 Å². The molecule has 108 valence electrons. The molecule has 5 nitrogen and oxygen atoms in total. The second-order valence-corrected chi connectivity index (χ2v) is 5.54. The Labute approximate surface area is 122 Å². The summed E-state index contributed by atoms with van der Waals surface area (Å²) in [5.41, 5.74) is -0.258. The Hall–Kier alpha value is -2.43. The van der Waals surface area contributed by atoms with Crippen LogP contribution in [0, 0.1) is 0 Å². The van der Waals surface area contributed by atoms with Gasteiger partial charge < -0.3 is 10.4 Å². The Morgan fingerprint density at radius 2 is 2.00 bits per heavy atom. The molecule has 0 bridgehead atoms. The first-order chi connectivity index (χ1) is 10.1. The first-order valence-corrected chi connectivity index (χ1v) is 6.98. The maximum absolute atomic E-state index is 12.5. The zero-order chi connectivity index (χ0) is 14.9. The van der Waals surface area contributed by atoms with E-state index in [1.54, 1.807) is 6.20 Å². The molecule has 0 atom stereocenters. The summed E-state index contributed by atoms with van der Waals surface area (Å²) in [4.78, 5) is 27.6. The summed E-state index contributed by atoms with van der Waals surface area (Å²) in [5, 5.41) is 13.6. The van der Waals surface area contributed by atoms with Gasteiger partial charge in [-0.3, -0.25) is 14.6 Å². The van der Waals surface area contributed by atoms with E-state index in [1.807, 2.05) is 30.3 Å². The zero-order valence-corrected chi connectivity index (χ0v) is 11.5. The van der Waals surface area contributed by atoms with E-state index in [-0.39, 0.29) is 12.3 Å². The molecule has 1 aromatic carbocycles. The van der Waals surface area contributed by atoms with Gasteiger partial charge >= 0.3 is 5.97 Å². The molecule has 21 heavy (non-hydrogen) atoms. The van der Waals surface area contributed by atoms with Crippen LogP contribution in [-0.4, -0.2) is 27.5 Å². The van der Waals surface area contributed by atoms with Crippen molar-refractivity contribution in [2.45, 2.75) is 31.2 Å². The Morgan fingerprint density at radius 1 is 1.24 bits per heavy atom. The molecule has 2 N–H and O–H groups in total. The number of carbonyl (C=O) groups is 2. The highest BCUT2D eigenvalue weighted by molar-refractivity contribution is 6.05. The third-order valence-corrected chi connectivity index (χ3v) is 4.07. The second kappa shape index (κ2) is 5.16. The summed E-state index contributed by atoms with van der Waals surface area (Å²) in [6.07, 6.45) is 3.91. The average molecular weight is 284 g/mol. The summed E-state index contributed by atoms with van der Waals surface area (Å²) >= 11 is 0. The topological polar surface area (TPSA) is 79.3 Å². The van der Waals surface area contributed by atoms with E-state index in [9.17, 15) is 9.59 Å². The highest BCUT2D eigenvalue weighted by Gasteiger charge is 2.40. The number of aromatic nitrogens is 1. The summed E-state index contributed by atoms with van der Waals surface area (Å²) in [5.74, 6) is -1.19. The van der Waals surface area contributed by atoms with Crippen LogP contribution in [0.25, 0.3) is 10.8 Å². The first kappa shape index (κ1) is 13.5. The molecule has 2 aromatic rings. The number of hydrogen-bond donors (Lipinski definition) is 2. The number of pyridine rings is 1. The third kappa shape index (κ3) is 2.59. The Kier molecular flexibility index (Phi) is 3.33. The van der Waals surface area contributed by atoms with Crippen LogP contribution in [-0.2, 0) is 4.79 Å². The number of carbonyl (C=O) groups excluding carboxylic acids is 1. The molecule has 0 radical (unpaired) electrons. The molecule has 1 aromatic heterocycles. The maximum Gasteiger partial charge on any atom is 0.305 e. The van der Waals surface area contributed by atoms with Crippen LogP contribution in [0.4, 0.5) is 0 Å². The highest BCUT2D eigenvalue weighted by atomic mass is 16.4. The lowest BCUT2D eigenvalue weighted by molar-refractivity contribution is -0.139. The summed E-state index contributed by atoms with van der Waals surface area (Å²) in [6, 6.07) is 9.38. The predicted octanol–water partition coefficient (Wildman–Crippen LogP) is 2.36. The van der Waals surface area contributed by atoms with E-state index in [4.69, 9.17) is 5.11 Å². The molecule has 1 amide bonds. The van der Waals surface area contributed by atoms with Crippen molar-refractivity contribution >= 4 is 22.6 Å². The molecule has 1 fully saturated rings. The van der Waals surface area contributed by atoms with Gasteiger partial charge in [0, 0.05) is 11.6 Å². The van der Waals surface area contributed by atoms with Crippen molar-refractivity contribution in [1.29, 1.82) is 0 Å². The van der Waals surface area contributed by atoms with Gasteiger partial charge in [0.1, 0.15) is 5.69 Å². The van der Waals surface area contributed by atoms with Gasteiger partial charge in [0.25, 0.3) is 5.91 Å². The van der Waals surface area contributed by atoms with Gasteiger partial charge in [-0.05, 0) is 30.7 Å². The number of fused-ring (bicyclic) bond motifs is 1. The molecule has 1 aliphatic rings. The lowest BCUT2D eigenvalue weighted by Crippen LogP contribution is -2.54. The fourth-order valence-electron chi connectivity index (χ4n) is 2.84. The smallest absolute Gasteiger partial charge is 0.305 e. The van der Waals surface area contributed by atoms with Gasteiger partial charge in [0.15, 0.2) is 0 Å². The van der Waals surface area contributed by atoms with Gasteiger partial charge in [0.05, 0.1) is 12.0 Å². The highest BCUT2D eigenvalue weighted by Crippen LogP contribution is 2.35. The minimum absolute atomic E-state index is 0.0382. The van der Waals surface area contributed by atoms with Crippen LogP contribution >= 0.6 is 0 Å². The molecule has 1 aliphatic carbocycles. The summed E-state index contributed by atoms with van der Waals surface area (Å²) in [7, 11) is 0. The van der Waals surface area contributed by atoms with Gasteiger partial charge in [-0.1, -0.05) is 24.3 Å². The molecule has 1 saturated carbocycles. The largest absolute Gasteiger partial charge is 0.481 e. The Morgan fingerprint density at radius 3 is 2.67 bits per heavy atom. The normalized spacial score (nSPS) is 16.2. The van der Waals surface area contributed by atoms with Crippen LogP contribution in [0.15, 0.2) is 36.5 Å². The van der Waals surface area contributed by atoms with E-state index in [1.165, 1.54) is 0 Å². The molecular formula is C16H16N2O3. The third-order valence-electron chi connectivity index (χ3n) is 4.07. The fraction of sp³-hybridized carbons (Fsp3) is 0.312. The molecule has 0 aliphatic heterocycles. The van der Waals surface area contributed by atoms with Crippen molar-refractivity contribution in [1.82, 2.24) is 10.3 Å². The minimum atomic E-state index is -0.888. The van der Waals surface area contributed by atoms with Crippen LogP contribution in [0.5, 0.6) is 0 Å².